The van der Waals surface area contributed by atoms with E-state index in [0.717, 1.165) is 21.7 Å². The van der Waals surface area contributed by atoms with Gasteiger partial charge in [0.1, 0.15) is 10.6 Å². The van der Waals surface area contributed by atoms with E-state index in [2.05, 4.69) is 0 Å². The van der Waals surface area contributed by atoms with E-state index in [0.29, 0.717) is 5.56 Å². The zero-order valence-electron chi connectivity index (χ0n) is 11.2. The lowest BCUT2D eigenvalue weighted by Gasteiger charge is -2.09. The summed E-state index contributed by atoms with van der Waals surface area (Å²) in [5.74, 6) is -0.302. The first kappa shape index (κ1) is 13.1. The van der Waals surface area contributed by atoms with Gasteiger partial charge in [-0.15, -0.1) is 11.3 Å². The molecular weight excluding hydrogens is 273 g/mol. The molecule has 2 aromatic heterocycles. The predicted molar refractivity (Wildman–Crippen MR) is 80.8 cm³/mol. The zero-order valence-corrected chi connectivity index (χ0v) is 12.0. The number of hydrogen-bond acceptors (Lipinski definition) is 2. The molecule has 0 amide bonds. The first-order chi connectivity index (χ1) is 9.61. The normalized spacial score (nSPS) is 11.2. The summed E-state index contributed by atoms with van der Waals surface area (Å²) in [6.45, 7) is 3.81. The van der Waals surface area contributed by atoms with Gasteiger partial charge in [0.15, 0.2) is 0 Å². The van der Waals surface area contributed by atoms with Crippen molar-refractivity contribution in [3.63, 3.8) is 0 Å². The Morgan fingerprint density at radius 2 is 1.95 bits per heavy atom. The molecule has 0 unspecified atom stereocenters. The van der Waals surface area contributed by atoms with Crippen LogP contribution in [0.15, 0.2) is 40.5 Å². The van der Waals surface area contributed by atoms with Crippen LogP contribution in [0.1, 0.15) is 18.2 Å². The highest BCUT2D eigenvalue weighted by molar-refractivity contribution is 7.15. The Hall–Kier alpha value is -1.94. The van der Waals surface area contributed by atoms with Gasteiger partial charge in [0.2, 0.25) is 0 Å². The maximum absolute atomic E-state index is 13.1. The molecule has 0 saturated heterocycles. The summed E-state index contributed by atoms with van der Waals surface area (Å²) in [4.78, 5) is 13.7. The van der Waals surface area contributed by atoms with Crippen molar-refractivity contribution in [3.05, 3.63) is 69.6 Å². The molecule has 0 bridgehead atoms. The van der Waals surface area contributed by atoms with E-state index in [1.54, 1.807) is 27.9 Å². The summed E-state index contributed by atoms with van der Waals surface area (Å²) < 4.78 is 14.8. The lowest BCUT2D eigenvalue weighted by Crippen LogP contribution is -2.17. The average molecular weight is 286 g/mol. The van der Waals surface area contributed by atoms with Gasteiger partial charge < -0.3 is 0 Å². The summed E-state index contributed by atoms with van der Waals surface area (Å²) in [6.07, 6.45) is 1.91. The molecule has 101 valence electrons. The van der Waals surface area contributed by atoms with Gasteiger partial charge in [-0.25, -0.2) is 4.39 Å². The number of aryl methyl sites for hydroxylation is 1. The largest absolute Gasteiger partial charge is 0.271 e. The minimum absolute atomic E-state index is 0.0547. The number of pyridine rings is 1. The molecule has 1 aromatic carbocycles. The first-order valence-corrected chi connectivity index (χ1v) is 7.19. The third kappa shape index (κ3) is 1.96. The Kier molecular flexibility index (Phi) is 3.18. The van der Waals surface area contributed by atoms with Crippen molar-refractivity contribution >= 4 is 16.2 Å². The van der Waals surface area contributed by atoms with Gasteiger partial charge in [-0.05, 0) is 42.7 Å². The van der Waals surface area contributed by atoms with Crippen LogP contribution in [0.4, 0.5) is 4.39 Å². The second-order valence-electron chi connectivity index (χ2n) is 4.63. The predicted octanol–water partition coefficient (Wildman–Crippen LogP) is 4.05. The second kappa shape index (κ2) is 4.87. The van der Waals surface area contributed by atoms with E-state index in [1.807, 2.05) is 31.7 Å². The molecule has 0 N–H and O–H groups in total. The minimum Gasteiger partial charge on any atom is -0.271 e. The third-order valence-electron chi connectivity index (χ3n) is 3.35. The molecule has 4 heteroatoms. The zero-order chi connectivity index (χ0) is 14.3. The quantitative estimate of drug-likeness (QED) is 0.696. The van der Waals surface area contributed by atoms with E-state index in [1.165, 1.54) is 12.1 Å². The number of benzene rings is 1. The van der Waals surface area contributed by atoms with Crippen LogP contribution in [-0.2, 0) is 0 Å². The molecule has 0 aliphatic carbocycles. The monoisotopic (exact) mass is 286 g/mol. The van der Waals surface area contributed by atoms with Crippen LogP contribution in [-0.4, -0.2) is 4.40 Å². The molecule has 20 heavy (non-hydrogen) atoms. The van der Waals surface area contributed by atoms with Gasteiger partial charge in [0, 0.05) is 11.1 Å². The van der Waals surface area contributed by atoms with Crippen LogP contribution in [0, 0.1) is 19.2 Å². The van der Waals surface area contributed by atoms with Gasteiger partial charge in [0.25, 0.3) is 5.56 Å². The molecule has 0 saturated carbocycles. The minimum atomic E-state index is -0.302. The van der Waals surface area contributed by atoms with Crippen molar-refractivity contribution in [1.82, 2.24) is 4.40 Å². The number of rotatable bonds is 2. The van der Waals surface area contributed by atoms with Crippen LogP contribution < -0.4 is 5.56 Å². The molecule has 2 nitrogen and oxygen atoms in total. The smallest absolute Gasteiger partial charge is 0.264 e. The van der Waals surface area contributed by atoms with E-state index in [4.69, 9.17) is 0 Å². The SMILES string of the molecule is C[CH]c1cc2scc(C)n2c(=O)c1-c1ccc(F)cc1. The number of halogens is 1. The fourth-order valence-electron chi connectivity index (χ4n) is 2.36. The van der Waals surface area contributed by atoms with Crippen molar-refractivity contribution < 1.29 is 4.39 Å². The van der Waals surface area contributed by atoms with Gasteiger partial charge in [-0.1, -0.05) is 19.1 Å². The first-order valence-electron chi connectivity index (χ1n) is 6.31. The molecule has 3 aromatic rings. The van der Waals surface area contributed by atoms with E-state index in [-0.39, 0.29) is 11.4 Å². The van der Waals surface area contributed by atoms with Gasteiger partial charge in [-0.3, -0.25) is 9.20 Å². The number of hydrogen-bond donors (Lipinski definition) is 0. The number of fused-ring (bicyclic) bond motifs is 1. The molecule has 2 heterocycles. The Balaban J connectivity index is 2.38. The summed E-state index contributed by atoms with van der Waals surface area (Å²) in [5.41, 5.74) is 3.10. The third-order valence-corrected chi connectivity index (χ3v) is 4.35. The molecule has 0 spiro atoms. The van der Waals surface area contributed by atoms with Crippen LogP contribution in [0.2, 0.25) is 0 Å². The fraction of sp³-hybridized carbons (Fsp3) is 0.125. The van der Waals surface area contributed by atoms with E-state index in [9.17, 15) is 9.18 Å². The summed E-state index contributed by atoms with van der Waals surface area (Å²) >= 11 is 1.55. The maximum Gasteiger partial charge on any atom is 0.264 e. The summed E-state index contributed by atoms with van der Waals surface area (Å²) in [6, 6.07) is 8.05. The van der Waals surface area contributed by atoms with Crippen molar-refractivity contribution in [2.75, 3.05) is 0 Å². The Morgan fingerprint density at radius 1 is 1.25 bits per heavy atom. The van der Waals surface area contributed by atoms with E-state index >= 15 is 0 Å². The molecule has 0 aliphatic heterocycles. The Morgan fingerprint density at radius 3 is 2.60 bits per heavy atom. The fourth-order valence-corrected chi connectivity index (χ4v) is 3.28. The molecule has 0 aliphatic rings. The second-order valence-corrected chi connectivity index (χ2v) is 5.52. The van der Waals surface area contributed by atoms with Crippen molar-refractivity contribution in [2.45, 2.75) is 13.8 Å². The number of aromatic nitrogens is 1. The number of thiazole rings is 1. The van der Waals surface area contributed by atoms with Gasteiger partial charge in [-0.2, -0.15) is 0 Å². The average Bonchev–Trinajstić information content (AvgIpc) is 2.81. The van der Waals surface area contributed by atoms with Crippen LogP contribution >= 0.6 is 11.3 Å². The molecule has 0 fully saturated rings. The lowest BCUT2D eigenvalue weighted by atomic mass is 10.00. The van der Waals surface area contributed by atoms with Crippen LogP contribution in [0.25, 0.3) is 16.0 Å². The standard InChI is InChI=1S/C16H13FNOS/c1-3-11-8-14-18(10(2)9-20-14)16(19)15(11)12-4-6-13(17)7-5-12/h3-9H,1-2H3. The maximum atomic E-state index is 13.1. The topological polar surface area (TPSA) is 21.5 Å². The molecule has 3 rings (SSSR count). The molecule has 0 atom stereocenters. The number of nitrogens with zero attached hydrogens (tertiary/aromatic N) is 1. The highest BCUT2D eigenvalue weighted by atomic mass is 32.1. The van der Waals surface area contributed by atoms with Crippen molar-refractivity contribution in [3.8, 4) is 11.1 Å². The Labute approximate surface area is 120 Å². The lowest BCUT2D eigenvalue weighted by molar-refractivity contribution is 0.628. The molecular formula is C16H13FNOS. The van der Waals surface area contributed by atoms with Crippen molar-refractivity contribution in [1.29, 1.82) is 0 Å². The summed E-state index contributed by atoms with van der Waals surface area (Å²) in [5, 5.41) is 1.96. The van der Waals surface area contributed by atoms with Crippen LogP contribution in [0.3, 0.4) is 0 Å². The van der Waals surface area contributed by atoms with E-state index < -0.39 is 0 Å². The highest BCUT2D eigenvalue weighted by Gasteiger charge is 2.14. The van der Waals surface area contributed by atoms with Crippen LogP contribution in [0.5, 0.6) is 0 Å². The molecule has 1 radical (unpaired) electrons. The summed E-state index contributed by atoms with van der Waals surface area (Å²) in [7, 11) is 0. The van der Waals surface area contributed by atoms with Gasteiger partial charge >= 0.3 is 0 Å². The highest BCUT2D eigenvalue weighted by Crippen LogP contribution is 2.25. The Bertz CT molecular complexity index is 830. The van der Waals surface area contributed by atoms with Gasteiger partial charge in [0.05, 0.1) is 5.56 Å². The van der Waals surface area contributed by atoms with Crippen molar-refractivity contribution in [2.24, 2.45) is 0 Å².